The molecule has 1 saturated heterocycles. The van der Waals surface area contributed by atoms with Gasteiger partial charge in [0, 0.05) is 5.56 Å². The second-order valence-electron chi connectivity index (χ2n) is 5.60. The Labute approximate surface area is 116 Å². The van der Waals surface area contributed by atoms with Crippen LogP contribution in [0.4, 0.5) is 8.78 Å². The van der Waals surface area contributed by atoms with E-state index >= 15 is 0 Å². The number of hydrogen-bond acceptors (Lipinski definition) is 3. The summed E-state index contributed by atoms with van der Waals surface area (Å²) in [6, 6.07) is 2.21. The van der Waals surface area contributed by atoms with Crippen LogP contribution in [-0.4, -0.2) is 18.7 Å². The highest BCUT2D eigenvalue weighted by molar-refractivity contribution is 5.85. The fraction of sp³-hybridized carbons (Fsp3) is 0.533. The monoisotopic (exact) mass is 284 g/mol. The van der Waals surface area contributed by atoms with Gasteiger partial charge in [0.2, 0.25) is 5.60 Å². The van der Waals surface area contributed by atoms with E-state index in [0.29, 0.717) is 0 Å². The number of ether oxygens (including phenoxy) is 2. The van der Waals surface area contributed by atoms with Gasteiger partial charge in [0.1, 0.15) is 17.2 Å². The molecule has 0 saturated carbocycles. The van der Waals surface area contributed by atoms with Crippen molar-refractivity contribution in [3.63, 3.8) is 0 Å². The van der Waals surface area contributed by atoms with E-state index in [9.17, 15) is 13.6 Å². The molecule has 1 fully saturated rings. The quantitative estimate of drug-likeness (QED) is 0.632. The fourth-order valence-electron chi connectivity index (χ4n) is 2.86. The van der Waals surface area contributed by atoms with Gasteiger partial charge in [-0.2, -0.15) is 0 Å². The van der Waals surface area contributed by atoms with E-state index in [1.807, 2.05) is 0 Å². The van der Waals surface area contributed by atoms with E-state index < -0.39 is 28.8 Å². The maximum Gasteiger partial charge on any atom is 0.341 e. The Morgan fingerprint density at radius 1 is 1.30 bits per heavy atom. The van der Waals surface area contributed by atoms with Crippen LogP contribution in [0.2, 0.25) is 0 Å². The molecule has 110 valence electrons. The molecule has 1 aromatic rings. The highest BCUT2D eigenvalue weighted by Gasteiger charge is 2.75. The Bertz CT molecular complexity index is 570. The van der Waals surface area contributed by atoms with Gasteiger partial charge in [0.05, 0.1) is 7.11 Å². The first-order valence-electron chi connectivity index (χ1n) is 6.45. The highest BCUT2D eigenvalue weighted by Crippen LogP contribution is 2.60. The summed E-state index contributed by atoms with van der Waals surface area (Å²) in [6.07, 6.45) is 0. The Kier molecular flexibility index (Phi) is 3.37. The lowest BCUT2D eigenvalue weighted by Crippen LogP contribution is -2.38. The number of aryl methyl sites for hydroxylation is 1. The zero-order chi connectivity index (χ0) is 15.3. The van der Waals surface area contributed by atoms with Crippen LogP contribution in [0.25, 0.3) is 0 Å². The third-order valence-electron chi connectivity index (χ3n) is 4.10. The minimum atomic E-state index is -1.27. The molecular formula is C15H18F2O3. The van der Waals surface area contributed by atoms with Crippen molar-refractivity contribution in [2.45, 2.75) is 38.9 Å². The number of benzene rings is 1. The van der Waals surface area contributed by atoms with Crippen molar-refractivity contribution in [1.82, 2.24) is 0 Å². The number of carbonyl (C=O) groups is 1. The molecule has 0 bridgehead atoms. The Balaban J connectivity index is 2.54. The SMILES string of the molecule is COC(=O)C1(C(C)C)OC1(C)c1cc(F)c(C)cc1F. The molecular weight excluding hydrogens is 266 g/mol. The van der Waals surface area contributed by atoms with Crippen molar-refractivity contribution in [2.75, 3.05) is 7.11 Å². The number of hydrogen-bond donors (Lipinski definition) is 0. The molecule has 20 heavy (non-hydrogen) atoms. The topological polar surface area (TPSA) is 38.8 Å². The molecule has 0 N–H and O–H groups in total. The first-order valence-corrected chi connectivity index (χ1v) is 6.45. The van der Waals surface area contributed by atoms with E-state index in [1.54, 1.807) is 20.8 Å². The van der Waals surface area contributed by atoms with E-state index in [2.05, 4.69) is 0 Å². The first kappa shape index (κ1) is 14.9. The van der Waals surface area contributed by atoms with Crippen molar-refractivity contribution in [2.24, 2.45) is 5.92 Å². The van der Waals surface area contributed by atoms with Gasteiger partial charge in [0.25, 0.3) is 0 Å². The van der Waals surface area contributed by atoms with Gasteiger partial charge in [-0.05, 0) is 37.5 Å². The summed E-state index contributed by atoms with van der Waals surface area (Å²) in [5.74, 6) is -1.92. The standard InChI is InChI=1S/C15H18F2O3/c1-8(2)15(13(18)19-5)14(4,20-15)10-7-11(16)9(3)6-12(10)17/h6-8H,1-5H3. The van der Waals surface area contributed by atoms with Crippen molar-refractivity contribution >= 4 is 5.97 Å². The lowest BCUT2D eigenvalue weighted by atomic mass is 9.80. The third kappa shape index (κ3) is 1.76. The Morgan fingerprint density at radius 2 is 1.90 bits per heavy atom. The summed E-state index contributed by atoms with van der Waals surface area (Å²) >= 11 is 0. The average Bonchev–Trinajstić information content (AvgIpc) is 3.02. The molecule has 2 rings (SSSR count). The second-order valence-corrected chi connectivity index (χ2v) is 5.60. The fourth-order valence-corrected chi connectivity index (χ4v) is 2.86. The predicted octanol–water partition coefficient (Wildman–Crippen LogP) is 3.09. The van der Waals surface area contributed by atoms with Crippen LogP contribution in [0, 0.1) is 24.5 Å². The highest BCUT2D eigenvalue weighted by atomic mass is 19.1. The number of carbonyl (C=O) groups excluding carboxylic acids is 1. The molecule has 0 aliphatic carbocycles. The largest absolute Gasteiger partial charge is 0.467 e. The molecule has 2 atom stereocenters. The minimum Gasteiger partial charge on any atom is -0.467 e. The van der Waals surface area contributed by atoms with Crippen molar-refractivity contribution < 1.29 is 23.0 Å². The molecule has 0 spiro atoms. The summed E-state index contributed by atoms with van der Waals surface area (Å²) in [5.41, 5.74) is -2.24. The van der Waals surface area contributed by atoms with Crippen LogP contribution in [0.15, 0.2) is 12.1 Å². The van der Waals surface area contributed by atoms with Crippen LogP contribution in [-0.2, 0) is 19.9 Å². The van der Waals surface area contributed by atoms with Crippen molar-refractivity contribution in [3.05, 3.63) is 34.9 Å². The summed E-state index contributed by atoms with van der Waals surface area (Å²) in [6.45, 7) is 6.63. The van der Waals surface area contributed by atoms with Gasteiger partial charge < -0.3 is 9.47 Å². The molecule has 0 aromatic heterocycles. The number of methoxy groups -OCH3 is 1. The molecule has 0 radical (unpaired) electrons. The molecule has 3 nitrogen and oxygen atoms in total. The van der Waals surface area contributed by atoms with Crippen LogP contribution in [0.3, 0.4) is 0 Å². The lowest BCUT2D eigenvalue weighted by Gasteiger charge is -2.19. The minimum absolute atomic E-state index is 0.0414. The van der Waals surface area contributed by atoms with Crippen LogP contribution in [0.5, 0.6) is 0 Å². The number of epoxide rings is 1. The van der Waals surface area contributed by atoms with Gasteiger partial charge >= 0.3 is 5.97 Å². The molecule has 2 unspecified atom stereocenters. The van der Waals surface area contributed by atoms with Crippen LogP contribution < -0.4 is 0 Å². The first-order chi connectivity index (χ1) is 9.20. The Hall–Kier alpha value is -1.49. The van der Waals surface area contributed by atoms with Gasteiger partial charge in [0.15, 0.2) is 0 Å². The average molecular weight is 284 g/mol. The summed E-state index contributed by atoms with van der Waals surface area (Å²) in [4.78, 5) is 12.0. The molecule has 1 aliphatic heterocycles. The maximum absolute atomic E-state index is 14.1. The van der Waals surface area contributed by atoms with Gasteiger partial charge in [-0.1, -0.05) is 13.8 Å². The van der Waals surface area contributed by atoms with Gasteiger partial charge in [-0.25, -0.2) is 13.6 Å². The Morgan fingerprint density at radius 3 is 2.40 bits per heavy atom. The number of esters is 1. The molecule has 5 heteroatoms. The molecule has 0 amide bonds. The van der Waals surface area contributed by atoms with E-state index in [-0.39, 0.29) is 17.0 Å². The van der Waals surface area contributed by atoms with Crippen LogP contribution >= 0.6 is 0 Å². The predicted molar refractivity (Wildman–Crippen MR) is 69.1 cm³/mol. The third-order valence-corrected chi connectivity index (χ3v) is 4.10. The van der Waals surface area contributed by atoms with Crippen molar-refractivity contribution in [1.29, 1.82) is 0 Å². The summed E-state index contributed by atoms with van der Waals surface area (Å²) in [5, 5.41) is 0. The maximum atomic E-state index is 14.1. The zero-order valence-electron chi connectivity index (χ0n) is 12.2. The van der Waals surface area contributed by atoms with E-state index in [1.165, 1.54) is 14.0 Å². The summed E-state index contributed by atoms with van der Waals surface area (Å²) < 4.78 is 38.2. The number of halogens is 2. The van der Waals surface area contributed by atoms with Crippen molar-refractivity contribution in [3.8, 4) is 0 Å². The lowest BCUT2D eigenvalue weighted by molar-refractivity contribution is -0.148. The normalized spacial score (nSPS) is 28.6. The van der Waals surface area contributed by atoms with E-state index in [4.69, 9.17) is 9.47 Å². The van der Waals surface area contributed by atoms with Gasteiger partial charge in [-0.3, -0.25) is 0 Å². The number of rotatable bonds is 3. The van der Waals surface area contributed by atoms with Gasteiger partial charge in [-0.15, -0.1) is 0 Å². The smallest absolute Gasteiger partial charge is 0.341 e. The molecule has 1 aliphatic rings. The molecule has 1 heterocycles. The second kappa shape index (κ2) is 4.52. The zero-order valence-corrected chi connectivity index (χ0v) is 12.2. The molecule has 1 aromatic carbocycles. The van der Waals surface area contributed by atoms with Crippen LogP contribution in [0.1, 0.15) is 31.9 Å². The van der Waals surface area contributed by atoms with E-state index in [0.717, 1.165) is 12.1 Å². The summed E-state index contributed by atoms with van der Waals surface area (Å²) in [7, 11) is 1.25.